The summed E-state index contributed by atoms with van der Waals surface area (Å²) in [4.78, 5) is 32.4. The van der Waals surface area contributed by atoms with Crippen LogP contribution in [-0.4, -0.2) is 35.3 Å². The lowest BCUT2D eigenvalue weighted by Gasteiger charge is -2.33. The second-order valence-electron chi connectivity index (χ2n) is 8.21. The molecule has 190 valence electrons. The number of carbonyl (C=O) groups excluding carboxylic acids is 2. The number of nitrogens with zero attached hydrogens (tertiary/aromatic N) is 2. The first-order valence-corrected chi connectivity index (χ1v) is 11.7. The van der Waals surface area contributed by atoms with E-state index in [0.717, 1.165) is 16.7 Å². The fourth-order valence-corrected chi connectivity index (χ4v) is 4.13. The van der Waals surface area contributed by atoms with Crippen molar-refractivity contribution in [2.75, 3.05) is 6.54 Å². The Morgan fingerprint density at radius 3 is 1.83 bits per heavy atom. The molecule has 0 saturated carbocycles. The van der Waals surface area contributed by atoms with Crippen LogP contribution in [0.3, 0.4) is 0 Å². The number of rotatable bonds is 11. The summed E-state index contributed by atoms with van der Waals surface area (Å²) in [5.74, 6) is -1.44. The summed E-state index contributed by atoms with van der Waals surface area (Å²) in [6.07, 6.45) is 0.805. The Bertz CT molecular complexity index is 1100. The highest BCUT2D eigenvalue weighted by Crippen LogP contribution is 2.29. The van der Waals surface area contributed by atoms with Crippen LogP contribution in [0.2, 0.25) is 5.02 Å². The van der Waals surface area contributed by atoms with Crippen LogP contribution in [-0.2, 0) is 16.1 Å². The third kappa shape index (κ3) is 8.00. The monoisotopic (exact) mass is 527 g/mol. The van der Waals surface area contributed by atoms with Gasteiger partial charge < -0.3 is 22.1 Å². The van der Waals surface area contributed by atoms with Crippen molar-refractivity contribution in [2.45, 2.75) is 31.3 Å². The molecule has 0 spiro atoms. The Balaban J connectivity index is 0.00000456. The predicted molar refractivity (Wildman–Crippen MR) is 147 cm³/mol. The van der Waals surface area contributed by atoms with Gasteiger partial charge in [0, 0.05) is 18.1 Å². The number of hydrogen-bond acceptors (Lipinski definition) is 3. The van der Waals surface area contributed by atoms with Gasteiger partial charge in [0.2, 0.25) is 11.8 Å². The number of primary amides is 1. The fourth-order valence-electron chi connectivity index (χ4n) is 4.01. The summed E-state index contributed by atoms with van der Waals surface area (Å²) in [5.41, 5.74) is 19.2. The van der Waals surface area contributed by atoms with Crippen molar-refractivity contribution in [3.63, 3.8) is 0 Å². The Morgan fingerprint density at radius 2 is 1.36 bits per heavy atom. The van der Waals surface area contributed by atoms with E-state index in [-0.39, 0.29) is 30.8 Å². The van der Waals surface area contributed by atoms with Crippen LogP contribution in [0.4, 0.5) is 0 Å². The van der Waals surface area contributed by atoms with E-state index >= 15 is 0 Å². The number of benzene rings is 3. The van der Waals surface area contributed by atoms with Crippen molar-refractivity contribution in [1.29, 1.82) is 0 Å². The van der Waals surface area contributed by atoms with Crippen molar-refractivity contribution >= 4 is 41.8 Å². The lowest BCUT2D eigenvalue weighted by molar-refractivity contribution is -0.140. The molecule has 0 unspecified atom stereocenters. The molecule has 0 saturated heterocycles. The van der Waals surface area contributed by atoms with E-state index in [9.17, 15) is 9.59 Å². The highest BCUT2D eigenvalue weighted by molar-refractivity contribution is 6.30. The van der Waals surface area contributed by atoms with Crippen LogP contribution in [0.1, 0.15) is 35.4 Å². The molecular weight excluding hydrogens is 497 g/mol. The SMILES string of the molecule is Cl.NC(=O)[C@@H](CCCN=C(N)N)N(Cc1ccc(Cl)cc1)C(=O)C(c1ccccc1)c1ccccc1. The second-order valence-corrected chi connectivity index (χ2v) is 8.65. The van der Waals surface area contributed by atoms with Gasteiger partial charge in [0.15, 0.2) is 5.96 Å². The van der Waals surface area contributed by atoms with Crippen molar-refractivity contribution < 1.29 is 9.59 Å². The van der Waals surface area contributed by atoms with Gasteiger partial charge in [-0.2, -0.15) is 0 Å². The van der Waals surface area contributed by atoms with Gasteiger partial charge >= 0.3 is 0 Å². The van der Waals surface area contributed by atoms with E-state index in [1.807, 2.05) is 72.8 Å². The van der Waals surface area contributed by atoms with E-state index < -0.39 is 17.9 Å². The van der Waals surface area contributed by atoms with Crippen molar-refractivity contribution in [3.8, 4) is 0 Å². The van der Waals surface area contributed by atoms with Gasteiger partial charge in [0.1, 0.15) is 6.04 Å². The summed E-state index contributed by atoms with van der Waals surface area (Å²) >= 11 is 6.06. The molecule has 0 aliphatic carbocycles. The quantitative estimate of drug-likeness (QED) is 0.199. The van der Waals surface area contributed by atoms with Crippen LogP contribution in [0.15, 0.2) is 89.9 Å². The average molecular weight is 528 g/mol. The zero-order valence-electron chi connectivity index (χ0n) is 19.8. The highest BCUT2D eigenvalue weighted by atomic mass is 35.5. The number of carbonyl (C=O) groups is 2. The van der Waals surface area contributed by atoms with E-state index in [4.69, 9.17) is 28.8 Å². The topological polar surface area (TPSA) is 128 Å². The van der Waals surface area contributed by atoms with Crippen LogP contribution in [0.5, 0.6) is 0 Å². The van der Waals surface area contributed by atoms with Crippen LogP contribution >= 0.6 is 24.0 Å². The lowest BCUT2D eigenvalue weighted by Crippen LogP contribution is -2.49. The highest BCUT2D eigenvalue weighted by Gasteiger charge is 2.34. The largest absolute Gasteiger partial charge is 0.370 e. The van der Waals surface area contributed by atoms with Gasteiger partial charge in [-0.1, -0.05) is 84.4 Å². The molecule has 0 radical (unpaired) electrons. The standard InChI is InChI=1S/C27H30ClN5O2.ClH/c28-22-15-13-19(14-16-22)18-33(23(25(29)34)12-7-17-32-27(30)31)26(35)24(20-8-3-1-4-9-20)21-10-5-2-6-11-21;/h1-6,8-11,13-16,23-24H,7,12,17-18H2,(H2,29,34)(H4,30,31,32);1H/t23-;/m1./s1. The second kappa shape index (κ2) is 14.1. The Hall–Kier alpha value is -3.55. The maximum absolute atomic E-state index is 14.2. The molecule has 0 aliphatic rings. The maximum Gasteiger partial charge on any atom is 0.240 e. The van der Waals surface area contributed by atoms with Crippen LogP contribution in [0, 0.1) is 0 Å². The summed E-state index contributed by atoms with van der Waals surface area (Å²) in [6, 6.07) is 25.3. The summed E-state index contributed by atoms with van der Waals surface area (Å²) in [6.45, 7) is 0.526. The molecule has 36 heavy (non-hydrogen) atoms. The smallest absolute Gasteiger partial charge is 0.240 e. The zero-order chi connectivity index (χ0) is 25.2. The van der Waals surface area contributed by atoms with Gasteiger partial charge in [-0.15, -0.1) is 12.4 Å². The molecule has 9 heteroatoms. The molecule has 0 aliphatic heterocycles. The molecule has 3 aromatic carbocycles. The first-order chi connectivity index (χ1) is 16.9. The first-order valence-electron chi connectivity index (χ1n) is 11.4. The number of hydrogen-bond donors (Lipinski definition) is 3. The molecule has 2 amide bonds. The molecule has 7 nitrogen and oxygen atoms in total. The molecule has 1 atom stereocenters. The third-order valence-corrected chi connectivity index (χ3v) is 5.95. The van der Waals surface area contributed by atoms with E-state index in [2.05, 4.69) is 4.99 Å². The fraction of sp³-hybridized carbons (Fsp3) is 0.222. The average Bonchev–Trinajstić information content (AvgIpc) is 2.85. The van der Waals surface area contributed by atoms with Gasteiger partial charge in [0.05, 0.1) is 5.92 Å². The van der Waals surface area contributed by atoms with E-state index in [1.165, 1.54) is 0 Å². The molecule has 6 N–H and O–H groups in total. The van der Waals surface area contributed by atoms with Crippen molar-refractivity contribution in [3.05, 3.63) is 107 Å². The summed E-state index contributed by atoms with van der Waals surface area (Å²) < 4.78 is 0. The third-order valence-electron chi connectivity index (χ3n) is 5.70. The van der Waals surface area contributed by atoms with Gasteiger partial charge in [0.25, 0.3) is 0 Å². The predicted octanol–water partition coefficient (Wildman–Crippen LogP) is 3.83. The molecule has 3 aromatic rings. The lowest BCUT2D eigenvalue weighted by atomic mass is 9.89. The van der Waals surface area contributed by atoms with Crippen LogP contribution < -0.4 is 17.2 Å². The Labute approximate surface area is 222 Å². The number of guanidine groups is 1. The minimum absolute atomic E-state index is 0. The molecule has 0 aromatic heterocycles. The van der Waals surface area contributed by atoms with Gasteiger partial charge in [-0.05, 0) is 41.7 Å². The molecule has 0 bridgehead atoms. The minimum atomic E-state index is -0.845. The number of halogens is 2. The first kappa shape index (κ1) is 28.7. The number of amides is 2. The normalized spacial score (nSPS) is 11.3. The molecule has 0 heterocycles. The van der Waals surface area contributed by atoms with E-state index in [1.54, 1.807) is 17.0 Å². The maximum atomic E-state index is 14.2. The molecule has 0 fully saturated rings. The number of aliphatic imine (C=N–C) groups is 1. The summed E-state index contributed by atoms with van der Waals surface area (Å²) in [5, 5.41) is 0.585. The van der Waals surface area contributed by atoms with Crippen molar-refractivity contribution in [1.82, 2.24) is 4.90 Å². The van der Waals surface area contributed by atoms with Crippen LogP contribution in [0.25, 0.3) is 0 Å². The minimum Gasteiger partial charge on any atom is -0.370 e. The Morgan fingerprint density at radius 1 is 0.833 bits per heavy atom. The molecular formula is C27H31Cl2N5O2. The van der Waals surface area contributed by atoms with Gasteiger partial charge in [-0.3, -0.25) is 14.6 Å². The Kier molecular flexibility index (Phi) is 11.2. The van der Waals surface area contributed by atoms with Gasteiger partial charge in [-0.25, -0.2) is 0 Å². The molecule has 3 rings (SSSR count). The summed E-state index contributed by atoms with van der Waals surface area (Å²) in [7, 11) is 0. The van der Waals surface area contributed by atoms with E-state index in [0.29, 0.717) is 24.4 Å². The van der Waals surface area contributed by atoms with Crippen molar-refractivity contribution in [2.24, 2.45) is 22.2 Å². The zero-order valence-corrected chi connectivity index (χ0v) is 21.4. The number of nitrogens with two attached hydrogens (primary N) is 3.